The molecule has 0 unspecified atom stereocenters. The highest BCUT2D eigenvalue weighted by atomic mass is 32.2. The quantitative estimate of drug-likeness (QED) is 0.511. The summed E-state index contributed by atoms with van der Waals surface area (Å²) < 4.78 is 26.0. The summed E-state index contributed by atoms with van der Waals surface area (Å²) in [4.78, 5) is 28.4. The molecule has 0 spiro atoms. The number of carbonyl (C=O) groups is 2. The maximum absolute atomic E-state index is 13.0. The van der Waals surface area contributed by atoms with Crippen LogP contribution in [0.25, 0.3) is 0 Å². The van der Waals surface area contributed by atoms with Crippen molar-refractivity contribution in [2.24, 2.45) is 0 Å². The summed E-state index contributed by atoms with van der Waals surface area (Å²) in [5.41, 5.74) is 1.61. The summed E-state index contributed by atoms with van der Waals surface area (Å²) in [6.45, 7) is 0.316. The molecule has 0 saturated heterocycles. The van der Waals surface area contributed by atoms with Gasteiger partial charge in [0.15, 0.2) is 0 Å². The number of amides is 3. The van der Waals surface area contributed by atoms with E-state index in [1.807, 2.05) is 6.07 Å². The third kappa shape index (κ3) is 5.30. The molecule has 1 aromatic heterocycles. The zero-order valence-electron chi connectivity index (χ0n) is 17.1. The van der Waals surface area contributed by atoms with Gasteiger partial charge >= 0.3 is 6.03 Å². The van der Waals surface area contributed by atoms with Gasteiger partial charge in [-0.3, -0.25) is 9.78 Å². The largest absolute Gasteiger partial charge is 0.349 e. The Labute approximate surface area is 186 Å². The Balaban J connectivity index is 1.41. The van der Waals surface area contributed by atoms with Crippen LogP contribution in [0.2, 0.25) is 0 Å². The number of rotatable bonds is 7. The Hall–Kier alpha value is -3.72. The molecule has 3 amide bonds. The van der Waals surface area contributed by atoms with Crippen molar-refractivity contribution in [3.8, 4) is 0 Å². The Kier molecular flexibility index (Phi) is 6.18. The van der Waals surface area contributed by atoms with E-state index in [4.69, 9.17) is 0 Å². The van der Waals surface area contributed by atoms with Gasteiger partial charge in [0, 0.05) is 36.2 Å². The average molecular weight is 451 g/mol. The summed E-state index contributed by atoms with van der Waals surface area (Å²) in [6, 6.07) is 15.2. The molecule has 0 aliphatic heterocycles. The topological polar surface area (TPSA) is 117 Å². The van der Waals surface area contributed by atoms with Crippen molar-refractivity contribution in [1.82, 2.24) is 15.6 Å². The molecule has 9 heteroatoms. The molecule has 1 heterocycles. The third-order valence-electron chi connectivity index (χ3n) is 4.92. The third-order valence-corrected chi connectivity index (χ3v) is 6.68. The van der Waals surface area contributed by atoms with Gasteiger partial charge in [0.25, 0.3) is 5.91 Å². The number of hydrogen-bond acceptors (Lipinski definition) is 5. The smallest absolute Gasteiger partial charge is 0.319 e. The van der Waals surface area contributed by atoms with Crippen molar-refractivity contribution in [2.75, 3.05) is 5.32 Å². The van der Waals surface area contributed by atoms with Gasteiger partial charge < -0.3 is 16.0 Å². The Morgan fingerprint density at radius 1 is 0.969 bits per heavy atom. The standard InChI is InChI=1S/C23H22N4O4S/c28-22(26-18-6-7-18)17-4-1-5-21(13-17)32(30,31)20-10-8-19(9-11-20)27-23(29)25-15-16-3-2-12-24-14-16/h1-5,8-14,18H,6-7,15H2,(H,26,28)(H2,25,27,29). The molecule has 1 saturated carbocycles. The number of urea groups is 1. The number of hydrogen-bond donors (Lipinski definition) is 3. The van der Waals surface area contributed by atoms with Gasteiger partial charge in [-0.2, -0.15) is 0 Å². The van der Waals surface area contributed by atoms with E-state index in [1.54, 1.807) is 30.6 Å². The lowest BCUT2D eigenvalue weighted by Crippen LogP contribution is -2.28. The number of nitrogens with zero attached hydrogens (tertiary/aromatic N) is 1. The highest BCUT2D eigenvalue weighted by Crippen LogP contribution is 2.24. The molecule has 2 aromatic carbocycles. The van der Waals surface area contributed by atoms with E-state index in [2.05, 4.69) is 20.9 Å². The van der Waals surface area contributed by atoms with Gasteiger partial charge in [-0.1, -0.05) is 12.1 Å². The maximum Gasteiger partial charge on any atom is 0.319 e. The molecule has 1 aliphatic rings. The monoisotopic (exact) mass is 450 g/mol. The van der Waals surface area contributed by atoms with Crippen LogP contribution in [0, 0.1) is 0 Å². The normalized spacial score (nSPS) is 13.2. The van der Waals surface area contributed by atoms with E-state index in [0.29, 0.717) is 17.8 Å². The van der Waals surface area contributed by atoms with Crippen LogP contribution in [0.3, 0.4) is 0 Å². The molecule has 0 bridgehead atoms. The number of carbonyl (C=O) groups excluding carboxylic acids is 2. The first kappa shape index (κ1) is 21.5. The van der Waals surface area contributed by atoms with Crippen molar-refractivity contribution in [2.45, 2.75) is 35.2 Å². The maximum atomic E-state index is 13.0. The van der Waals surface area contributed by atoms with Gasteiger partial charge in [-0.05, 0) is 66.9 Å². The van der Waals surface area contributed by atoms with Gasteiger partial charge in [-0.25, -0.2) is 13.2 Å². The first-order valence-electron chi connectivity index (χ1n) is 10.1. The van der Waals surface area contributed by atoms with E-state index >= 15 is 0 Å². The predicted octanol–water partition coefficient (Wildman–Crippen LogP) is 3.13. The summed E-state index contributed by atoms with van der Waals surface area (Å²) in [5.74, 6) is -0.276. The lowest BCUT2D eigenvalue weighted by atomic mass is 10.2. The fourth-order valence-electron chi connectivity index (χ4n) is 3.01. The van der Waals surface area contributed by atoms with Crippen molar-refractivity contribution in [3.05, 3.63) is 84.2 Å². The SMILES string of the molecule is O=C(NCc1cccnc1)Nc1ccc(S(=O)(=O)c2cccc(C(=O)NC3CC3)c2)cc1. The minimum atomic E-state index is -3.81. The minimum Gasteiger partial charge on any atom is -0.349 e. The lowest BCUT2D eigenvalue weighted by molar-refractivity contribution is 0.0951. The summed E-state index contributed by atoms with van der Waals surface area (Å²) in [7, 11) is -3.81. The highest BCUT2D eigenvalue weighted by Gasteiger charge is 2.25. The van der Waals surface area contributed by atoms with E-state index in [1.165, 1.54) is 36.4 Å². The summed E-state index contributed by atoms with van der Waals surface area (Å²) in [5, 5.41) is 8.22. The average Bonchev–Trinajstić information content (AvgIpc) is 3.63. The van der Waals surface area contributed by atoms with Crippen LogP contribution in [-0.2, 0) is 16.4 Å². The molecule has 1 fully saturated rings. The van der Waals surface area contributed by atoms with Gasteiger partial charge in [-0.15, -0.1) is 0 Å². The molecule has 1 aliphatic carbocycles. The van der Waals surface area contributed by atoms with Crippen LogP contribution in [-0.4, -0.2) is 31.4 Å². The first-order valence-corrected chi connectivity index (χ1v) is 11.6. The molecular weight excluding hydrogens is 428 g/mol. The molecule has 8 nitrogen and oxygen atoms in total. The van der Waals surface area contributed by atoms with Crippen LogP contribution >= 0.6 is 0 Å². The van der Waals surface area contributed by atoms with Crippen molar-refractivity contribution < 1.29 is 18.0 Å². The number of anilines is 1. The second kappa shape index (κ2) is 9.19. The zero-order chi connectivity index (χ0) is 22.6. The van der Waals surface area contributed by atoms with Gasteiger partial charge in [0.1, 0.15) is 0 Å². The Morgan fingerprint density at radius 2 is 1.75 bits per heavy atom. The lowest BCUT2D eigenvalue weighted by Gasteiger charge is -2.10. The van der Waals surface area contributed by atoms with Crippen molar-refractivity contribution in [1.29, 1.82) is 0 Å². The molecule has 4 rings (SSSR count). The number of benzene rings is 2. The second-order valence-corrected chi connectivity index (χ2v) is 9.42. The highest BCUT2D eigenvalue weighted by molar-refractivity contribution is 7.91. The van der Waals surface area contributed by atoms with Crippen LogP contribution in [0.4, 0.5) is 10.5 Å². The molecule has 3 N–H and O–H groups in total. The Morgan fingerprint density at radius 3 is 2.44 bits per heavy atom. The van der Waals surface area contributed by atoms with Gasteiger partial charge in [0.2, 0.25) is 9.84 Å². The second-order valence-electron chi connectivity index (χ2n) is 7.47. The fraction of sp³-hybridized carbons (Fsp3) is 0.174. The molecule has 32 heavy (non-hydrogen) atoms. The molecule has 3 aromatic rings. The first-order chi connectivity index (χ1) is 15.4. The molecule has 0 radical (unpaired) electrons. The number of pyridine rings is 1. The predicted molar refractivity (Wildman–Crippen MR) is 119 cm³/mol. The van der Waals surface area contributed by atoms with Crippen LogP contribution in [0.5, 0.6) is 0 Å². The van der Waals surface area contributed by atoms with E-state index in [0.717, 1.165) is 18.4 Å². The number of aromatic nitrogens is 1. The van der Waals surface area contributed by atoms with E-state index < -0.39 is 15.9 Å². The van der Waals surface area contributed by atoms with Gasteiger partial charge in [0.05, 0.1) is 9.79 Å². The summed E-state index contributed by atoms with van der Waals surface area (Å²) in [6.07, 6.45) is 5.21. The summed E-state index contributed by atoms with van der Waals surface area (Å²) >= 11 is 0. The van der Waals surface area contributed by atoms with Crippen LogP contribution < -0.4 is 16.0 Å². The number of sulfone groups is 1. The number of nitrogens with one attached hydrogen (secondary N) is 3. The molecule has 164 valence electrons. The van der Waals surface area contributed by atoms with Crippen LogP contribution in [0.1, 0.15) is 28.8 Å². The van der Waals surface area contributed by atoms with Crippen molar-refractivity contribution in [3.63, 3.8) is 0 Å². The fourth-order valence-corrected chi connectivity index (χ4v) is 4.32. The van der Waals surface area contributed by atoms with E-state index in [-0.39, 0.29) is 21.7 Å². The van der Waals surface area contributed by atoms with Crippen molar-refractivity contribution >= 4 is 27.5 Å². The van der Waals surface area contributed by atoms with E-state index in [9.17, 15) is 18.0 Å². The Bertz CT molecular complexity index is 1220. The zero-order valence-corrected chi connectivity index (χ0v) is 17.9. The van der Waals surface area contributed by atoms with Crippen LogP contribution in [0.15, 0.2) is 82.8 Å². The minimum absolute atomic E-state index is 0.0378. The molecular formula is C23H22N4O4S. The molecule has 0 atom stereocenters.